The topological polar surface area (TPSA) is 56.0 Å². The minimum absolute atomic E-state index is 0.185. The summed E-state index contributed by atoms with van der Waals surface area (Å²) in [5.74, 6) is 0. The Labute approximate surface area is 91.5 Å². The number of hydrogen-bond acceptors (Lipinski definition) is 3. The summed E-state index contributed by atoms with van der Waals surface area (Å²) < 4.78 is 0.786. The van der Waals surface area contributed by atoms with Crippen molar-refractivity contribution in [2.24, 2.45) is 0 Å². The molecule has 0 unspecified atom stereocenters. The molecule has 2 N–H and O–H groups in total. The molecule has 0 saturated carbocycles. The molecule has 3 nitrogen and oxygen atoms in total. The molecule has 1 aromatic carbocycles. The number of nitrogens with one attached hydrogen (secondary N) is 1. The lowest BCUT2D eigenvalue weighted by Crippen LogP contribution is -2.03. The third kappa shape index (κ3) is 3.02. The van der Waals surface area contributed by atoms with E-state index in [2.05, 4.69) is 27.3 Å². The van der Waals surface area contributed by atoms with E-state index in [1.54, 1.807) is 6.07 Å². The normalized spacial score (nSPS) is 9.50. The highest BCUT2D eigenvalue weighted by molar-refractivity contribution is 9.10. The molecule has 1 rings (SSSR count). The number of aliphatic hydroxyl groups excluding tert-OH is 1. The molecular formula is C10H11BrN2O. The Morgan fingerprint density at radius 1 is 1.50 bits per heavy atom. The van der Waals surface area contributed by atoms with Gasteiger partial charge in [0, 0.05) is 23.3 Å². The summed E-state index contributed by atoms with van der Waals surface area (Å²) in [5, 5.41) is 20.4. The maximum Gasteiger partial charge on any atom is 0.100 e. The highest BCUT2D eigenvalue weighted by Gasteiger charge is 1.99. The molecule has 0 spiro atoms. The number of benzene rings is 1. The van der Waals surface area contributed by atoms with E-state index >= 15 is 0 Å². The standard InChI is InChI=1S/C10H11BrN2O/c11-10-6-9(13-4-1-5-14)3-2-8(10)7-12/h2-3,6,13-14H,1,4-5H2. The molecule has 0 radical (unpaired) electrons. The first-order chi connectivity index (χ1) is 6.77. The fourth-order valence-electron chi connectivity index (χ4n) is 1.03. The van der Waals surface area contributed by atoms with Gasteiger partial charge in [0.25, 0.3) is 0 Å². The van der Waals surface area contributed by atoms with Gasteiger partial charge < -0.3 is 10.4 Å². The van der Waals surface area contributed by atoms with Crippen LogP contribution in [0, 0.1) is 11.3 Å². The fourth-order valence-corrected chi connectivity index (χ4v) is 1.49. The van der Waals surface area contributed by atoms with E-state index in [1.165, 1.54) is 0 Å². The predicted octanol–water partition coefficient (Wildman–Crippen LogP) is 2.12. The summed E-state index contributed by atoms with van der Waals surface area (Å²) in [6.45, 7) is 0.916. The highest BCUT2D eigenvalue weighted by Crippen LogP contribution is 2.20. The minimum Gasteiger partial charge on any atom is -0.396 e. The average molecular weight is 255 g/mol. The third-order valence-corrected chi connectivity index (χ3v) is 2.41. The summed E-state index contributed by atoms with van der Waals surface area (Å²) in [5.41, 5.74) is 1.57. The lowest BCUT2D eigenvalue weighted by Gasteiger charge is -2.05. The van der Waals surface area contributed by atoms with Gasteiger partial charge in [-0.25, -0.2) is 0 Å². The van der Waals surface area contributed by atoms with Crippen molar-refractivity contribution in [1.82, 2.24) is 0 Å². The Bertz CT molecular complexity index is 346. The molecule has 0 aliphatic rings. The van der Waals surface area contributed by atoms with Crippen LogP contribution in [-0.2, 0) is 0 Å². The highest BCUT2D eigenvalue weighted by atomic mass is 79.9. The molecule has 0 aliphatic carbocycles. The fraction of sp³-hybridized carbons (Fsp3) is 0.300. The molecule has 4 heteroatoms. The average Bonchev–Trinajstić information content (AvgIpc) is 2.18. The molecule has 0 bridgehead atoms. The number of nitriles is 1. The van der Waals surface area contributed by atoms with E-state index in [0.29, 0.717) is 5.56 Å². The Kier molecular flexibility index (Phi) is 4.44. The molecule has 0 amide bonds. The van der Waals surface area contributed by atoms with Crippen molar-refractivity contribution in [2.45, 2.75) is 6.42 Å². The van der Waals surface area contributed by atoms with Crippen LogP contribution in [0.15, 0.2) is 22.7 Å². The SMILES string of the molecule is N#Cc1ccc(NCCCO)cc1Br. The number of halogens is 1. The van der Waals surface area contributed by atoms with Crippen molar-refractivity contribution in [3.8, 4) is 6.07 Å². The molecule has 0 aliphatic heterocycles. The smallest absolute Gasteiger partial charge is 0.100 e. The zero-order valence-electron chi connectivity index (χ0n) is 7.63. The van der Waals surface area contributed by atoms with Crippen LogP contribution in [0.5, 0.6) is 0 Å². The second-order valence-electron chi connectivity index (χ2n) is 2.81. The first-order valence-electron chi connectivity index (χ1n) is 4.32. The van der Waals surface area contributed by atoms with Crippen molar-refractivity contribution in [1.29, 1.82) is 5.26 Å². The quantitative estimate of drug-likeness (QED) is 0.810. The zero-order valence-corrected chi connectivity index (χ0v) is 9.21. The molecular weight excluding hydrogens is 244 g/mol. The summed E-state index contributed by atoms with van der Waals surface area (Å²) in [4.78, 5) is 0. The first kappa shape index (κ1) is 11.0. The Balaban J connectivity index is 2.63. The lowest BCUT2D eigenvalue weighted by atomic mass is 10.2. The third-order valence-electron chi connectivity index (χ3n) is 1.75. The maximum absolute atomic E-state index is 8.69. The summed E-state index contributed by atoms with van der Waals surface area (Å²) in [6, 6.07) is 7.54. The van der Waals surface area contributed by atoms with Crippen LogP contribution in [0.2, 0.25) is 0 Å². The van der Waals surface area contributed by atoms with E-state index in [4.69, 9.17) is 10.4 Å². The van der Waals surface area contributed by atoms with Gasteiger partial charge in [0.05, 0.1) is 5.56 Å². The van der Waals surface area contributed by atoms with Crippen molar-refractivity contribution >= 4 is 21.6 Å². The van der Waals surface area contributed by atoms with Crippen molar-refractivity contribution in [2.75, 3.05) is 18.5 Å². The van der Waals surface area contributed by atoms with E-state index < -0.39 is 0 Å². The molecule has 0 saturated heterocycles. The second kappa shape index (κ2) is 5.63. The lowest BCUT2D eigenvalue weighted by molar-refractivity contribution is 0.292. The van der Waals surface area contributed by atoms with Gasteiger partial charge in [0.2, 0.25) is 0 Å². The van der Waals surface area contributed by atoms with Crippen LogP contribution in [-0.4, -0.2) is 18.3 Å². The van der Waals surface area contributed by atoms with E-state index in [-0.39, 0.29) is 6.61 Å². The number of rotatable bonds is 4. The minimum atomic E-state index is 0.185. The Morgan fingerprint density at radius 2 is 2.29 bits per heavy atom. The van der Waals surface area contributed by atoms with Gasteiger partial charge in [0.1, 0.15) is 6.07 Å². The molecule has 74 valence electrons. The van der Waals surface area contributed by atoms with Gasteiger partial charge in [0.15, 0.2) is 0 Å². The van der Waals surface area contributed by atoms with Gasteiger partial charge >= 0.3 is 0 Å². The second-order valence-corrected chi connectivity index (χ2v) is 3.66. The van der Waals surface area contributed by atoms with E-state index in [9.17, 15) is 0 Å². The largest absolute Gasteiger partial charge is 0.396 e. The van der Waals surface area contributed by atoms with E-state index in [1.807, 2.05) is 12.1 Å². The number of anilines is 1. The van der Waals surface area contributed by atoms with E-state index in [0.717, 1.165) is 23.1 Å². The zero-order chi connectivity index (χ0) is 10.4. The van der Waals surface area contributed by atoms with Gasteiger partial charge in [-0.05, 0) is 40.5 Å². The van der Waals surface area contributed by atoms with Gasteiger partial charge in [-0.1, -0.05) is 0 Å². The van der Waals surface area contributed by atoms with Crippen LogP contribution < -0.4 is 5.32 Å². The van der Waals surface area contributed by atoms with Crippen molar-refractivity contribution < 1.29 is 5.11 Å². The summed E-state index contributed by atoms with van der Waals surface area (Å²) in [6.07, 6.45) is 0.720. The molecule has 0 heterocycles. The van der Waals surface area contributed by atoms with Crippen LogP contribution >= 0.6 is 15.9 Å². The van der Waals surface area contributed by atoms with Crippen LogP contribution in [0.25, 0.3) is 0 Å². The molecule has 14 heavy (non-hydrogen) atoms. The maximum atomic E-state index is 8.69. The summed E-state index contributed by atoms with van der Waals surface area (Å²) in [7, 11) is 0. The number of aliphatic hydroxyl groups is 1. The molecule has 0 atom stereocenters. The van der Waals surface area contributed by atoms with Gasteiger partial charge in [-0.3, -0.25) is 0 Å². The van der Waals surface area contributed by atoms with Gasteiger partial charge in [-0.15, -0.1) is 0 Å². The van der Waals surface area contributed by atoms with Crippen LogP contribution in [0.3, 0.4) is 0 Å². The van der Waals surface area contributed by atoms with Crippen LogP contribution in [0.1, 0.15) is 12.0 Å². The molecule has 0 fully saturated rings. The van der Waals surface area contributed by atoms with Crippen LogP contribution in [0.4, 0.5) is 5.69 Å². The number of nitrogens with zero attached hydrogens (tertiary/aromatic N) is 1. The van der Waals surface area contributed by atoms with Crippen molar-refractivity contribution in [3.63, 3.8) is 0 Å². The monoisotopic (exact) mass is 254 g/mol. The Morgan fingerprint density at radius 3 is 2.86 bits per heavy atom. The first-order valence-corrected chi connectivity index (χ1v) is 5.11. The number of hydrogen-bond donors (Lipinski definition) is 2. The molecule has 1 aromatic rings. The summed E-state index contributed by atoms with van der Waals surface area (Å²) >= 11 is 3.30. The Hall–Kier alpha value is -1.05. The molecule has 0 aromatic heterocycles. The predicted molar refractivity (Wildman–Crippen MR) is 59.0 cm³/mol. The van der Waals surface area contributed by atoms with Gasteiger partial charge in [-0.2, -0.15) is 5.26 Å². The van der Waals surface area contributed by atoms with Crippen molar-refractivity contribution in [3.05, 3.63) is 28.2 Å².